The molecule has 0 amide bonds. The maximum absolute atomic E-state index is 4.51. The second-order valence-corrected chi connectivity index (χ2v) is 4.74. The predicted molar refractivity (Wildman–Crippen MR) is 62.9 cm³/mol. The summed E-state index contributed by atoms with van der Waals surface area (Å²) in [5.41, 5.74) is 1.16. The molecule has 0 aliphatic rings. The van der Waals surface area contributed by atoms with E-state index in [4.69, 9.17) is 0 Å². The summed E-state index contributed by atoms with van der Waals surface area (Å²) >= 11 is 1.79. The minimum atomic E-state index is 0.746. The summed E-state index contributed by atoms with van der Waals surface area (Å²) in [6.45, 7) is 5.41. The molecule has 1 N–H and O–H groups in total. The lowest BCUT2D eigenvalue weighted by atomic mass is 10.0. The van der Waals surface area contributed by atoms with Gasteiger partial charge in [-0.2, -0.15) is 0 Å². The van der Waals surface area contributed by atoms with Crippen molar-refractivity contribution in [2.75, 3.05) is 13.6 Å². The molecule has 1 aromatic rings. The quantitative estimate of drug-likeness (QED) is 0.784. The molecule has 1 unspecified atom stereocenters. The van der Waals surface area contributed by atoms with Crippen LogP contribution in [0.5, 0.6) is 0 Å². The highest BCUT2D eigenvalue weighted by Crippen LogP contribution is 2.17. The summed E-state index contributed by atoms with van der Waals surface area (Å²) in [7, 11) is 2.02. The molecule has 1 rings (SSSR count). The molecule has 1 aromatic heterocycles. The van der Waals surface area contributed by atoms with E-state index in [0.717, 1.165) is 24.6 Å². The van der Waals surface area contributed by atoms with Crippen molar-refractivity contribution in [3.8, 4) is 0 Å². The molecule has 0 aliphatic heterocycles. The van der Waals surface area contributed by atoms with Gasteiger partial charge in [-0.05, 0) is 32.9 Å². The van der Waals surface area contributed by atoms with Crippen LogP contribution in [0.3, 0.4) is 0 Å². The normalized spacial score (nSPS) is 13.1. The van der Waals surface area contributed by atoms with E-state index in [0.29, 0.717) is 0 Å². The Balaban J connectivity index is 2.46. The fraction of sp³-hybridized carbons (Fsp3) is 0.727. The molecule has 0 radical (unpaired) electrons. The Bertz CT molecular complexity index is 252. The third kappa shape index (κ3) is 3.76. The molecule has 0 aromatic carbocycles. The first kappa shape index (κ1) is 11.7. The molecule has 14 heavy (non-hydrogen) atoms. The molecule has 0 fully saturated rings. The van der Waals surface area contributed by atoms with Gasteiger partial charge in [-0.1, -0.05) is 13.3 Å². The van der Waals surface area contributed by atoms with Crippen LogP contribution in [0.2, 0.25) is 0 Å². The molecule has 80 valence electrons. The van der Waals surface area contributed by atoms with Crippen LogP contribution in [0.25, 0.3) is 0 Å². The van der Waals surface area contributed by atoms with E-state index in [1.165, 1.54) is 17.8 Å². The largest absolute Gasteiger partial charge is 0.319 e. The number of hydrogen-bond donors (Lipinski definition) is 1. The predicted octanol–water partition coefficient (Wildman–Crippen LogP) is 2.63. The van der Waals surface area contributed by atoms with Crippen LogP contribution in [-0.4, -0.2) is 18.6 Å². The van der Waals surface area contributed by atoms with Crippen LogP contribution >= 0.6 is 11.3 Å². The average molecular weight is 212 g/mol. The highest BCUT2D eigenvalue weighted by molar-refractivity contribution is 7.09. The monoisotopic (exact) mass is 212 g/mol. The molecule has 1 atom stereocenters. The molecule has 1 heterocycles. The first-order chi connectivity index (χ1) is 6.76. The smallest absolute Gasteiger partial charge is 0.0931 e. The Morgan fingerprint density at radius 1 is 1.57 bits per heavy atom. The Kier molecular flexibility index (Phi) is 5.12. The number of rotatable bonds is 6. The van der Waals surface area contributed by atoms with E-state index in [2.05, 4.69) is 29.5 Å². The molecule has 0 saturated heterocycles. The minimum absolute atomic E-state index is 0.746. The maximum atomic E-state index is 4.51. The molecule has 0 bridgehead atoms. The standard InChI is InChI=1S/C11H20N2S/c1-4-5-10(7-12-3)6-11-13-9(2)8-14-11/h8,10,12H,4-7H2,1-3H3. The zero-order chi connectivity index (χ0) is 10.4. The van der Waals surface area contributed by atoms with Gasteiger partial charge < -0.3 is 5.32 Å². The van der Waals surface area contributed by atoms with Gasteiger partial charge in [0.25, 0.3) is 0 Å². The fourth-order valence-electron chi connectivity index (χ4n) is 1.72. The highest BCUT2D eigenvalue weighted by Gasteiger charge is 2.09. The van der Waals surface area contributed by atoms with Crippen LogP contribution < -0.4 is 5.32 Å². The minimum Gasteiger partial charge on any atom is -0.319 e. The molecular formula is C11H20N2S. The van der Waals surface area contributed by atoms with Crippen LogP contribution in [0.15, 0.2) is 5.38 Å². The molecular weight excluding hydrogens is 192 g/mol. The van der Waals surface area contributed by atoms with E-state index in [9.17, 15) is 0 Å². The summed E-state index contributed by atoms with van der Waals surface area (Å²) in [5.74, 6) is 0.746. The van der Waals surface area contributed by atoms with Crippen molar-refractivity contribution in [1.29, 1.82) is 0 Å². The Morgan fingerprint density at radius 2 is 2.36 bits per heavy atom. The number of aromatic nitrogens is 1. The lowest BCUT2D eigenvalue weighted by Crippen LogP contribution is -2.20. The summed E-state index contributed by atoms with van der Waals surface area (Å²) in [6, 6.07) is 0. The van der Waals surface area contributed by atoms with E-state index >= 15 is 0 Å². The van der Waals surface area contributed by atoms with Crippen molar-refractivity contribution in [2.24, 2.45) is 5.92 Å². The maximum Gasteiger partial charge on any atom is 0.0931 e. The van der Waals surface area contributed by atoms with E-state index < -0.39 is 0 Å². The van der Waals surface area contributed by atoms with Crippen molar-refractivity contribution in [3.63, 3.8) is 0 Å². The van der Waals surface area contributed by atoms with Gasteiger partial charge in [-0.3, -0.25) is 0 Å². The number of hydrogen-bond acceptors (Lipinski definition) is 3. The van der Waals surface area contributed by atoms with Gasteiger partial charge in [0, 0.05) is 17.5 Å². The van der Waals surface area contributed by atoms with Crippen LogP contribution in [0.4, 0.5) is 0 Å². The molecule has 0 aliphatic carbocycles. The second-order valence-electron chi connectivity index (χ2n) is 3.80. The van der Waals surface area contributed by atoms with Crippen molar-refractivity contribution in [2.45, 2.75) is 33.1 Å². The van der Waals surface area contributed by atoms with Gasteiger partial charge in [0.2, 0.25) is 0 Å². The topological polar surface area (TPSA) is 24.9 Å². The third-order valence-electron chi connectivity index (χ3n) is 2.32. The summed E-state index contributed by atoms with van der Waals surface area (Å²) < 4.78 is 0. The average Bonchev–Trinajstić information content (AvgIpc) is 2.52. The summed E-state index contributed by atoms with van der Waals surface area (Å²) in [5, 5.41) is 6.68. The van der Waals surface area contributed by atoms with Crippen LogP contribution in [-0.2, 0) is 6.42 Å². The molecule has 3 heteroatoms. The summed E-state index contributed by atoms with van der Waals surface area (Å²) in [6.07, 6.45) is 3.68. The van der Waals surface area contributed by atoms with Gasteiger partial charge in [-0.25, -0.2) is 4.98 Å². The van der Waals surface area contributed by atoms with Crippen molar-refractivity contribution in [1.82, 2.24) is 10.3 Å². The van der Waals surface area contributed by atoms with Crippen molar-refractivity contribution < 1.29 is 0 Å². The van der Waals surface area contributed by atoms with Crippen molar-refractivity contribution in [3.05, 3.63) is 16.1 Å². The zero-order valence-corrected chi connectivity index (χ0v) is 10.2. The Labute approximate surface area is 90.8 Å². The third-order valence-corrected chi connectivity index (χ3v) is 3.31. The van der Waals surface area contributed by atoms with Crippen LogP contribution in [0, 0.1) is 12.8 Å². The molecule has 2 nitrogen and oxygen atoms in total. The summed E-state index contributed by atoms with van der Waals surface area (Å²) in [4.78, 5) is 4.51. The molecule has 0 spiro atoms. The SMILES string of the molecule is CCCC(CNC)Cc1nc(C)cs1. The van der Waals surface area contributed by atoms with Gasteiger partial charge in [0.05, 0.1) is 5.01 Å². The van der Waals surface area contributed by atoms with Gasteiger partial charge in [-0.15, -0.1) is 11.3 Å². The van der Waals surface area contributed by atoms with E-state index in [-0.39, 0.29) is 0 Å². The van der Waals surface area contributed by atoms with Crippen molar-refractivity contribution >= 4 is 11.3 Å². The Hall–Kier alpha value is -0.410. The lowest BCUT2D eigenvalue weighted by Gasteiger charge is -2.13. The number of nitrogens with zero attached hydrogens (tertiary/aromatic N) is 1. The fourth-order valence-corrected chi connectivity index (χ4v) is 2.60. The van der Waals surface area contributed by atoms with Gasteiger partial charge >= 0.3 is 0 Å². The van der Waals surface area contributed by atoms with Gasteiger partial charge in [0.1, 0.15) is 0 Å². The van der Waals surface area contributed by atoms with Gasteiger partial charge in [0.15, 0.2) is 0 Å². The number of thiazole rings is 1. The Morgan fingerprint density at radius 3 is 2.86 bits per heavy atom. The first-order valence-corrected chi connectivity index (χ1v) is 6.19. The van der Waals surface area contributed by atoms with E-state index in [1.54, 1.807) is 11.3 Å². The zero-order valence-electron chi connectivity index (χ0n) is 9.34. The van der Waals surface area contributed by atoms with Crippen LogP contribution in [0.1, 0.15) is 30.5 Å². The van der Waals surface area contributed by atoms with E-state index in [1.807, 2.05) is 7.05 Å². The molecule has 0 saturated carbocycles. The number of aryl methyl sites for hydroxylation is 1. The highest BCUT2D eigenvalue weighted by atomic mass is 32.1. The first-order valence-electron chi connectivity index (χ1n) is 5.31. The lowest BCUT2D eigenvalue weighted by molar-refractivity contribution is 0.455. The second kappa shape index (κ2) is 6.14. The number of nitrogens with one attached hydrogen (secondary N) is 1.